The average molecular weight is 349 g/mol. The van der Waals surface area contributed by atoms with E-state index in [9.17, 15) is 4.39 Å². The van der Waals surface area contributed by atoms with E-state index in [-0.39, 0.29) is 5.02 Å². The van der Waals surface area contributed by atoms with Crippen LogP contribution in [0.2, 0.25) is 5.02 Å². The summed E-state index contributed by atoms with van der Waals surface area (Å²) in [5, 5.41) is 0.111. The second kappa shape index (κ2) is 8.01. The van der Waals surface area contributed by atoms with Crippen molar-refractivity contribution in [2.45, 2.75) is 19.8 Å². The van der Waals surface area contributed by atoms with Gasteiger partial charge in [-0.3, -0.25) is 0 Å². The van der Waals surface area contributed by atoms with Gasteiger partial charge in [-0.2, -0.15) is 0 Å². The Morgan fingerprint density at radius 1 is 0.800 bits per heavy atom. The Hall–Kier alpha value is -2.56. The summed E-state index contributed by atoms with van der Waals surface area (Å²) in [6, 6.07) is 21.3. The molecule has 0 aromatic heterocycles. The second-order valence-corrected chi connectivity index (χ2v) is 6.31. The summed E-state index contributed by atoms with van der Waals surface area (Å²) >= 11 is 5.68. The van der Waals surface area contributed by atoms with E-state index in [4.69, 9.17) is 11.6 Å². The minimum Gasteiger partial charge on any atom is -0.205 e. The van der Waals surface area contributed by atoms with Crippen LogP contribution in [-0.2, 0) is 6.42 Å². The molecule has 0 heterocycles. The molecule has 2 heteroatoms. The average Bonchev–Trinajstić information content (AvgIpc) is 2.64. The summed E-state index contributed by atoms with van der Waals surface area (Å²) in [5.74, 6) is 5.56. The van der Waals surface area contributed by atoms with Crippen LogP contribution in [0.3, 0.4) is 0 Å². The summed E-state index contributed by atoms with van der Waals surface area (Å²) < 4.78 is 13.4. The largest absolute Gasteiger partial charge is 0.205 e. The lowest BCUT2D eigenvalue weighted by Gasteiger charge is -2.04. The van der Waals surface area contributed by atoms with Gasteiger partial charge in [0.05, 0.1) is 5.02 Å². The van der Waals surface area contributed by atoms with Gasteiger partial charge >= 0.3 is 0 Å². The highest BCUT2D eigenvalue weighted by atomic mass is 35.5. The molecule has 0 unspecified atom stereocenters. The van der Waals surface area contributed by atoms with Gasteiger partial charge in [0.15, 0.2) is 0 Å². The quantitative estimate of drug-likeness (QED) is 0.474. The summed E-state index contributed by atoms with van der Waals surface area (Å²) in [7, 11) is 0. The third kappa shape index (κ3) is 4.50. The first-order valence-corrected chi connectivity index (χ1v) is 8.70. The van der Waals surface area contributed by atoms with Crippen molar-refractivity contribution in [1.29, 1.82) is 0 Å². The fraction of sp³-hybridized carbons (Fsp3) is 0.130. The van der Waals surface area contributed by atoms with E-state index in [1.807, 2.05) is 12.1 Å². The molecule has 0 fully saturated rings. The van der Waals surface area contributed by atoms with Gasteiger partial charge in [0.2, 0.25) is 0 Å². The van der Waals surface area contributed by atoms with Gasteiger partial charge in [-0.1, -0.05) is 73.2 Å². The Balaban J connectivity index is 1.76. The number of hydrogen-bond donors (Lipinski definition) is 0. The van der Waals surface area contributed by atoms with Crippen LogP contribution >= 0.6 is 11.6 Å². The van der Waals surface area contributed by atoms with Crippen LogP contribution < -0.4 is 0 Å². The highest BCUT2D eigenvalue weighted by Gasteiger charge is 2.00. The molecule has 0 spiro atoms. The molecule has 0 bridgehead atoms. The van der Waals surface area contributed by atoms with Gasteiger partial charge < -0.3 is 0 Å². The van der Waals surface area contributed by atoms with Crippen molar-refractivity contribution in [2.24, 2.45) is 0 Å². The molecule has 0 aliphatic carbocycles. The molecule has 0 aliphatic rings. The fourth-order valence-electron chi connectivity index (χ4n) is 2.62. The van der Waals surface area contributed by atoms with Crippen molar-refractivity contribution in [3.8, 4) is 23.0 Å². The lowest BCUT2D eigenvalue weighted by molar-refractivity contribution is 0.628. The van der Waals surface area contributed by atoms with Crippen molar-refractivity contribution >= 4 is 11.6 Å². The van der Waals surface area contributed by atoms with Crippen LogP contribution in [0, 0.1) is 17.7 Å². The summed E-state index contributed by atoms with van der Waals surface area (Å²) in [6.45, 7) is 2.19. The molecular formula is C23H18ClF. The Bertz CT molecular complexity index is 913. The van der Waals surface area contributed by atoms with Crippen molar-refractivity contribution in [2.75, 3.05) is 0 Å². The van der Waals surface area contributed by atoms with Crippen LogP contribution in [0.5, 0.6) is 0 Å². The van der Waals surface area contributed by atoms with Gasteiger partial charge in [0.25, 0.3) is 0 Å². The van der Waals surface area contributed by atoms with E-state index in [0.29, 0.717) is 5.56 Å². The van der Waals surface area contributed by atoms with E-state index < -0.39 is 5.82 Å². The molecule has 0 N–H and O–H groups in total. The highest BCUT2D eigenvalue weighted by molar-refractivity contribution is 6.30. The normalized spacial score (nSPS) is 10.2. The molecule has 3 aromatic rings. The number of aryl methyl sites for hydroxylation is 1. The van der Waals surface area contributed by atoms with Crippen LogP contribution in [0.4, 0.5) is 4.39 Å². The van der Waals surface area contributed by atoms with Gasteiger partial charge in [-0.05, 0) is 53.4 Å². The van der Waals surface area contributed by atoms with E-state index in [2.05, 4.69) is 55.2 Å². The number of benzene rings is 3. The Kier molecular flexibility index (Phi) is 5.53. The zero-order valence-corrected chi connectivity index (χ0v) is 14.8. The van der Waals surface area contributed by atoms with Gasteiger partial charge in [0.1, 0.15) is 5.82 Å². The van der Waals surface area contributed by atoms with Crippen LogP contribution in [0.15, 0.2) is 66.7 Å². The van der Waals surface area contributed by atoms with Gasteiger partial charge in [-0.15, -0.1) is 0 Å². The molecule has 3 rings (SSSR count). The molecule has 0 saturated heterocycles. The number of halogens is 2. The maximum absolute atomic E-state index is 13.4. The van der Waals surface area contributed by atoms with Crippen molar-refractivity contribution in [1.82, 2.24) is 0 Å². The summed E-state index contributed by atoms with van der Waals surface area (Å²) in [6.07, 6.45) is 2.27. The van der Waals surface area contributed by atoms with E-state index in [0.717, 1.165) is 24.0 Å². The molecule has 0 amide bonds. The third-order valence-electron chi connectivity index (χ3n) is 3.98. The minimum absolute atomic E-state index is 0.111. The van der Waals surface area contributed by atoms with Crippen LogP contribution in [0.25, 0.3) is 11.1 Å². The lowest BCUT2D eigenvalue weighted by Crippen LogP contribution is -1.84. The topological polar surface area (TPSA) is 0 Å². The van der Waals surface area contributed by atoms with Crippen LogP contribution in [-0.4, -0.2) is 0 Å². The lowest BCUT2D eigenvalue weighted by atomic mass is 10.0. The SMILES string of the molecule is CCCc1ccc(-c2ccc(C#Cc3ccc(Cl)c(F)c3)cc2)cc1. The Morgan fingerprint density at radius 3 is 1.96 bits per heavy atom. The van der Waals surface area contributed by atoms with Crippen molar-refractivity contribution < 1.29 is 4.39 Å². The Morgan fingerprint density at radius 2 is 1.36 bits per heavy atom. The molecular weight excluding hydrogens is 331 g/mol. The molecule has 0 aliphatic heterocycles. The molecule has 124 valence electrons. The smallest absolute Gasteiger partial charge is 0.143 e. The fourth-order valence-corrected chi connectivity index (χ4v) is 2.73. The predicted octanol–water partition coefficient (Wildman–Crippen LogP) is 6.50. The molecule has 25 heavy (non-hydrogen) atoms. The van der Waals surface area contributed by atoms with E-state index in [1.54, 1.807) is 6.07 Å². The minimum atomic E-state index is -0.449. The second-order valence-electron chi connectivity index (χ2n) is 5.90. The highest BCUT2D eigenvalue weighted by Crippen LogP contribution is 2.21. The summed E-state index contributed by atoms with van der Waals surface area (Å²) in [4.78, 5) is 0. The van der Waals surface area contributed by atoms with Gasteiger partial charge in [-0.25, -0.2) is 4.39 Å². The molecule has 3 aromatic carbocycles. The molecule has 0 radical (unpaired) electrons. The van der Waals surface area contributed by atoms with E-state index >= 15 is 0 Å². The van der Waals surface area contributed by atoms with Crippen molar-refractivity contribution in [3.05, 3.63) is 94.3 Å². The maximum atomic E-state index is 13.4. The first kappa shape index (κ1) is 17.3. The van der Waals surface area contributed by atoms with Crippen LogP contribution in [0.1, 0.15) is 30.0 Å². The first-order chi connectivity index (χ1) is 12.2. The molecule has 0 nitrogen and oxygen atoms in total. The summed E-state index contributed by atoms with van der Waals surface area (Å²) in [5.41, 5.74) is 5.22. The van der Waals surface area contributed by atoms with Gasteiger partial charge in [0, 0.05) is 11.1 Å². The number of rotatable bonds is 3. The monoisotopic (exact) mass is 348 g/mol. The number of hydrogen-bond acceptors (Lipinski definition) is 0. The Labute approximate surface area is 153 Å². The standard InChI is InChI=1S/C23H18ClF/c1-2-3-17-6-11-20(12-7-17)21-13-8-18(9-14-21)4-5-19-10-15-22(24)23(25)16-19/h6-16H,2-3H2,1H3. The zero-order chi connectivity index (χ0) is 17.6. The third-order valence-corrected chi connectivity index (χ3v) is 4.29. The van der Waals surface area contributed by atoms with E-state index in [1.165, 1.54) is 23.3 Å². The first-order valence-electron chi connectivity index (χ1n) is 8.32. The van der Waals surface area contributed by atoms with Crippen molar-refractivity contribution in [3.63, 3.8) is 0 Å². The predicted molar refractivity (Wildman–Crippen MR) is 103 cm³/mol. The zero-order valence-electron chi connectivity index (χ0n) is 14.0. The maximum Gasteiger partial charge on any atom is 0.143 e. The molecule has 0 saturated carbocycles. The molecule has 0 atom stereocenters.